The zero-order valence-corrected chi connectivity index (χ0v) is 27.7. The fourth-order valence-corrected chi connectivity index (χ4v) is 11.0. The van der Waals surface area contributed by atoms with Crippen molar-refractivity contribution >= 4 is 0 Å². The van der Waals surface area contributed by atoms with Crippen molar-refractivity contribution in [2.24, 2.45) is 86.3 Å². The molecule has 0 N–H and O–H groups in total. The highest BCUT2D eigenvalue weighted by Crippen LogP contribution is 2.68. The molecule has 0 saturated heterocycles. The molecule has 10 atom stereocenters. The van der Waals surface area contributed by atoms with Crippen LogP contribution in [0.2, 0.25) is 0 Å². The summed E-state index contributed by atoms with van der Waals surface area (Å²) in [6, 6.07) is 0. The lowest BCUT2D eigenvalue weighted by Gasteiger charge is -2.52. The van der Waals surface area contributed by atoms with Crippen molar-refractivity contribution in [3.8, 4) is 0 Å². The highest BCUT2D eigenvalue weighted by atomic mass is 14.7. The van der Waals surface area contributed by atoms with Gasteiger partial charge in [-0.1, -0.05) is 137 Å². The molecule has 0 aliphatic heterocycles. The van der Waals surface area contributed by atoms with Crippen LogP contribution in [0, 0.1) is 86.3 Å². The molecule has 35 heavy (non-hydrogen) atoms. The highest BCUT2D eigenvalue weighted by Gasteiger charge is 2.63. The lowest BCUT2D eigenvalue weighted by Crippen LogP contribution is -2.45. The van der Waals surface area contributed by atoms with Crippen LogP contribution in [-0.2, 0) is 0 Å². The van der Waals surface area contributed by atoms with Crippen LogP contribution in [0.4, 0.5) is 0 Å². The standard InChI is InChI=1S/C35H68/c1-19-31(9,10)34(15,16)29-23(5)21(3)27(25(29)7)33(13,14)28-22(4)24(6)30(26(28)8)35(17,18)32(11,12)20-2/h21-30H,19-20H2,1-18H3/t21-,22-,23+,24+,25-,26-,27-,28-,29+,30+/m1/s1. The topological polar surface area (TPSA) is 0 Å². The molecule has 2 rings (SSSR count). The summed E-state index contributed by atoms with van der Waals surface area (Å²) < 4.78 is 0. The SMILES string of the molecule is CCC(C)(C)C(C)(C)[C@@H]1[C@H](C)[C@H](C(C)(C)[C@@H]2[C@H](C)[C@H](C)[C@H](C(C)(C)C(C)(C)CC)[C@@H]2C)[C@H](C)[C@@H]1C. The minimum atomic E-state index is 0.343. The lowest BCUT2D eigenvalue weighted by atomic mass is 9.53. The van der Waals surface area contributed by atoms with Gasteiger partial charge in [-0.3, -0.25) is 0 Å². The van der Waals surface area contributed by atoms with E-state index < -0.39 is 0 Å². The molecule has 0 aromatic rings. The molecule has 0 heteroatoms. The smallest absolute Gasteiger partial charge is 0.0269 e. The third-order valence-corrected chi connectivity index (χ3v) is 14.8. The normalized spacial score (nSPS) is 39.9. The van der Waals surface area contributed by atoms with Gasteiger partial charge in [0, 0.05) is 0 Å². The van der Waals surface area contributed by atoms with Gasteiger partial charge in [0.25, 0.3) is 0 Å². The summed E-state index contributed by atoms with van der Waals surface area (Å²) in [6.07, 6.45) is 2.52. The predicted molar refractivity (Wildman–Crippen MR) is 158 cm³/mol. The maximum atomic E-state index is 2.70. The molecular formula is C35H68. The van der Waals surface area contributed by atoms with Crippen molar-refractivity contribution in [2.45, 2.75) is 137 Å². The van der Waals surface area contributed by atoms with Crippen LogP contribution in [0.15, 0.2) is 0 Å². The Morgan fingerprint density at radius 2 is 0.600 bits per heavy atom. The Kier molecular flexibility index (Phi) is 8.59. The molecule has 0 bridgehead atoms. The summed E-state index contributed by atoms with van der Waals surface area (Å²) >= 11 is 0. The number of hydrogen-bond donors (Lipinski definition) is 0. The lowest BCUT2D eigenvalue weighted by molar-refractivity contribution is -0.0338. The molecular weight excluding hydrogens is 420 g/mol. The summed E-state index contributed by atoms with van der Waals surface area (Å²) in [5, 5.41) is 0. The second kappa shape index (κ2) is 9.63. The summed E-state index contributed by atoms with van der Waals surface area (Å²) in [4.78, 5) is 0. The van der Waals surface area contributed by atoms with Crippen LogP contribution in [-0.4, -0.2) is 0 Å². The van der Waals surface area contributed by atoms with Crippen LogP contribution >= 0.6 is 0 Å². The van der Waals surface area contributed by atoms with Gasteiger partial charge in [0.15, 0.2) is 0 Å². The Morgan fingerprint density at radius 1 is 0.371 bits per heavy atom. The molecule has 2 aliphatic carbocycles. The minimum absolute atomic E-state index is 0.343. The van der Waals surface area contributed by atoms with E-state index in [0.717, 1.165) is 59.2 Å². The van der Waals surface area contributed by atoms with E-state index in [1.807, 2.05) is 0 Å². The summed E-state index contributed by atoms with van der Waals surface area (Å²) in [7, 11) is 0. The van der Waals surface area contributed by atoms with E-state index in [1.54, 1.807) is 0 Å². The van der Waals surface area contributed by atoms with E-state index in [0.29, 0.717) is 27.1 Å². The van der Waals surface area contributed by atoms with Gasteiger partial charge < -0.3 is 0 Å². The van der Waals surface area contributed by atoms with Crippen molar-refractivity contribution in [1.82, 2.24) is 0 Å². The average Bonchev–Trinajstić information content (AvgIpc) is 3.10. The van der Waals surface area contributed by atoms with Crippen LogP contribution in [0.1, 0.15) is 137 Å². The van der Waals surface area contributed by atoms with Gasteiger partial charge in [0.1, 0.15) is 0 Å². The van der Waals surface area contributed by atoms with Crippen molar-refractivity contribution in [2.75, 3.05) is 0 Å². The predicted octanol–water partition coefficient (Wildman–Crippen LogP) is 11.2. The molecule has 2 fully saturated rings. The maximum Gasteiger partial charge on any atom is -0.0269 e. The average molecular weight is 489 g/mol. The van der Waals surface area contributed by atoms with Gasteiger partial charge in [0.2, 0.25) is 0 Å². The van der Waals surface area contributed by atoms with E-state index in [4.69, 9.17) is 0 Å². The highest BCUT2D eigenvalue weighted by molar-refractivity contribution is 5.10. The molecule has 0 aromatic carbocycles. The molecule has 0 amide bonds. The molecule has 0 heterocycles. The van der Waals surface area contributed by atoms with Gasteiger partial charge in [-0.15, -0.1) is 0 Å². The Hall–Kier alpha value is 0. The third-order valence-electron chi connectivity index (χ3n) is 14.8. The quantitative estimate of drug-likeness (QED) is 0.318. The van der Waals surface area contributed by atoms with Gasteiger partial charge in [-0.25, -0.2) is 0 Å². The first-order valence-corrected chi connectivity index (χ1v) is 15.6. The molecule has 0 aromatic heterocycles. The van der Waals surface area contributed by atoms with E-state index in [-0.39, 0.29) is 0 Å². The minimum Gasteiger partial charge on any atom is -0.0649 e. The molecule has 2 saturated carbocycles. The van der Waals surface area contributed by atoms with Gasteiger partial charge in [0.05, 0.1) is 0 Å². The molecule has 0 radical (unpaired) electrons. The molecule has 0 unspecified atom stereocenters. The van der Waals surface area contributed by atoms with Crippen LogP contribution < -0.4 is 0 Å². The van der Waals surface area contributed by atoms with Crippen molar-refractivity contribution in [1.29, 1.82) is 0 Å². The van der Waals surface area contributed by atoms with E-state index in [2.05, 4.69) is 125 Å². The second-order valence-corrected chi connectivity index (χ2v) is 17.0. The first-order valence-electron chi connectivity index (χ1n) is 15.6. The fourth-order valence-electron chi connectivity index (χ4n) is 11.0. The summed E-state index contributed by atoms with van der Waals surface area (Å²) in [5.74, 6) is 7.82. The number of hydrogen-bond acceptors (Lipinski definition) is 0. The van der Waals surface area contributed by atoms with Crippen molar-refractivity contribution < 1.29 is 0 Å². The Balaban J connectivity index is 2.52. The molecule has 208 valence electrons. The van der Waals surface area contributed by atoms with Gasteiger partial charge in [-0.05, 0) is 86.3 Å². The monoisotopic (exact) mass is 489 g/mol. The molecule has 0 spiro atoms. The van der Waals surface area contributed by atoms with Gasteiger partial charge in [-0.2, -0.15) is 0 Å². The van der Waals surface area contributed by atoms with Crippen molar-refractivity contribution in [3.63, 3.8) is 0 Å². The van der Waals surface area contributed by atoms with Crippen molar-refractivity contribution in [3.05, 3.63) is 0 Å². The Bertz CT molecular complexity index is 658. The zero-order chi connectivity index (χ0) is 27.7. The van der Waals surface area contributed by atoms with Crippen LogP contribution in [0.5, 0.6) is 0 Å². The van der Waals surface area contributed by atoms with Crippen LogP contribution in [0.3, 0.4) is 0 Å². The second-order valence-electron chi connectivity index (χ2n) is 17.0. The van der Waals surface area contributed by atoms with Gasteiger partial charge >= 0.3 is 0 Å². The van der Waals surface area contributed by atoms with Crippen LogP contribution in [0.25, 0.3) is 0 Å². The summed E-state index contributed by atoms with van der Waals surface area (Å²) in [6.45, 7) is 46.5. The zero-order valence-electron chi connectivity index (χ0n) is 27.7. The fraction of sp³-hybridized carbons (Fsp3) is 1.00. The first kappa shape index (κ1) is 31.2. The van der Waals surface area contributed by atoms with E-state index in [9.17, 15) is 0 Å². The number of rotatable bonds is 8. The molecule has 2 aliphatic rings. The largest absolute Gasteiger partial charge is 0.0649 e. The summed E-state index contributed by atoms with van der Waals surface area (Å²) in [5.41, 5.74) is 1.76. The maximum absolute atomic E-state index is 2.70. The first-order chi connectivity index (χ1) is 15.6. The van der Waals surface area contributed by atoms with E-state index >= 15 is 0 Å². The molecule has 0 nitrogen and oxygen atoms in total. The Labute approximate surface area is 223 Å². The third kappa shape index (κ3) is 4.50. The Morgan fingerprint density at radius 3 is 0.829 bits per heavy atom. The van der Waals surface area contributed by atoms with E-state index in [1.165, 1.54) is 12.8 Å².